The zero-order valence-corrected chi connectivity index (χ0v) is 22.2. The van der Waals surface area contributed by atoms with Crippen LogP contribution in [0, 0.1) is 6.92 Å². The lowest BCUT2D eigenvalue weighted by Crippen LogP contribution is -2.15. The molecule has 10 heteroatoms. The number of carbonyl (C=O) groups is 2. The van der Waals surface area contributed by atoms with Crippen molar-refractivity contribution in [3.8, 4) is 11.5 Å². The van der Waals surface area contributed by atoms with Gasteiger partial charge in [0.2, 0.25) is 5.91 Å². The number of thioether (sulfide) groups is 1. The summed E-state index contributed by atoms with van der Waals surface area (Å²) in [6.45, 7) is 11.2. The number of nitrogens with one attached hydrogen (secondary N) is 1. The van der Waals surface area contributed by atoms with Crippen molar-refractivity contribution in [1.82, 2.24) is 14.8 Å². The van der Waals surface area contributed by atoms with Gasteiger partial charge < -0.3 is 19.5 Å². The second-order valence-electron chi connectivity index (χ2n) is 8.02. The lowest BCUT2D eigenvalue weighted by molar-refractivity contribution is -0.113. The number of allylic oxidation sites excluding steroid dienone is 1. The molecular formula is C27H32N4O5S. The third-order valence-corrected chi connectivity index (χ3v) is 5.98. The normalized spacial score (nSPS) is 10.6. The molecule has 0 atom stereocenters. The van der Waals surface area contributed by atoms with Crippen molar-refractivity contribution in [2.45, 2.75) is 45.5 Å². The zero-order valence-electron chi connectivity index (χ0n) is 21.4. The van der Waals surface area contributed by atoms with E-state index < -0.39 is 5.97 Å². The fourth-order valence-electron chi connectivity index (χ4n) is 3.32. The highest BCUT2D eigenvalue weighted by atomic mass is 32.2. The lowest BCUT2D eigenvalue weighted by atomic mass is 10.2. The number of carbonyl (C=O) groups excluding carboxylic acids is 2. The summed E-state index contributed by atoms with van der Waals surface area (Å²) in [4.78, 5) is 24.7. The fraction of sp³-hybridized carbons (Fsp3) is 0.333. The molecule has 196 valence electrons. The number of ether oxygens (including phenoxy) is 3. The molecule has 0 aliphatic heterocycles. The minimum Gasteiger partial charge on any atom is -0.490 e. The quantitative estimate of drug-likeness (QED) is 0.178. The van der Waals surface area contributed by atoms with Crippen LogP contribution >= 0.6 is 11.8 Å². The summed E-state index contributed by atoms with van der Waals surface area (Å²) in [6, 6.07) is 12.4. The third-order valence-electron chi connectivity index (χ3n) is 5.01. The van der Waals surface area contributed by atoms with Gasteiger partial charge in [-0.25, -0.2) is 4.79 Å². The smallest absolute Gasteiger partial charge is 0.338 e. The average Bonchev–Trinajstić information content (AvgIpc) is 3.27. The number of esters is 1. The summed E-state index contributed by atoms with van der Waals surface area (Å²) in [5, 5.41) is 11.9. The molecular weight excluding hydrogens is 492 g/mol. The van der Waals surface area contributed by atoms with Gasteiger partial charge in [0.25, 0.3) is 0 Å². The first-order valence-electron chi connectivity index (χ1n) is 12.0. The molecule has 3 aromatic rings. The first kappa shape index (κ1) is 27.8. The standard InChI is InChI=1S/C27H32N4O5S/c1-5-13-31-24(17-36-22-12-11-19(4)15-23(22)34-7-3)29-30-27(31)37-18-25(32)28-21-10-8-9-20(16-21)26(33)35-14-6-2/h5,8-12,15-16H,1,6-7,13-14,17-18H2,2-4H3,(H,28,32). The molecule has 1 N–H and O–H groups in total. The number of hydrogen-bond donors (Lipinski definition) is 1. The number of benzene rings is 2. The first-order valence-corrected chi connectivity index (χ1v) is 13.0. The van der Waals surface area contributed by atoms with Crippen LogP contribution in [0.15, 0.2) is 60.3 Å². The summed E-state index contributed by atoms with van der Waals surface area (Å²) in [5.41, 5.74) is 1.97. The number of aryl methyl sites for hydroxylation is 1. The van der Waals surface area contributed by atoms with Crippen molar-refractivity contribution in [3.05, 3.63) is 72.1 Å². The first-order chi connectivity index (χ1) is 17.9. The van der Waals surface area contributed by atoms with Gasteiger partial charge in [-0.3, -0.25) is 9.36 Å². The molecule has 0 bridgehead atoms. The maximum Gasteiger partial charge on any atom is 0.338 e. The third kappa shape index (κ3) is 8.11. The van der Waals surface area contributed by atoms with Crippen LogP contribution in [0.2, 0.25) is 0 Å². The van der Waals surface area contributed by atoms with Crippen LogP contribution in [0.1, 0.15) is 42.0 Å². The Morgan fingerprint density at radius 3 is 2.70 bits per heavy atom. The summed E-state index contributed by atoms with van der Waals surface area (Å²) in [5.74, 6) is 1.34. The van der Waals surface area contributed by atoms with E-state index in [1.165, 1.54) is 11.8 Å². The maximum absolute atomic E-state index is 12.6. The Morgan fingerprint density at radius 1 is 1.11 bits per heavy atom. The summed E-state index contributed by atoms with van der Waals surface area (Å²) >= 11 is 1.25. The molecule has 0 saturated carbocycles. The Hall–Kier alpha value is -3.79. The van der Waals surface area contributed by atoms with Crippen LogP contribution in [-0.2, 0) is 22.7 Å². The number of rotatable bonds is 14. The van der Waals surface area contributed by atoms with Gasteiger partial charge in [0.05, 0.1) is 24.5 Å². The second-order valence-corrected chi connectivity index (χ2v) is 8.97. The molecule has 3 rings (SSSR count). The van der Waals surface area contributed by atoms with E-state index in [0.29, 0.717) is 53.5 Å². The van der Waals surface area contributed by atoms with Crippen molar-refractivity contribution in [1.29, 1.82) is 0 Å². The van der Waals surface area contributed by atoms with Gasteiger partial charge in [-0.1, -0.05) is 36.9 Å². The molecule has 0 spiro atoms. The molecule has 0 radical (unpaired) electrons. The molecule has 0 saturated heterocycles. The van der Waals surface area contributed by atoms with Crippen LogP contribution < -0.4 is 14.8 Å². The van der Waals surface area contributed by atoms with Crippen molar-refractivity contribution in [2.75, 3.05) is 24.3 Å². The van der Waals surface area contributed by atoms with Crippen molar-refractivity contribution in [3.63, 3.8) is 0 Å². The molecule has 1 amide bonds. The van der Waals surface area contributed by atoms with Gasteiger partial charge in [0.1, 0.15) is 6.61 Å². The molecule has 9 nitrogen and oxygen atoms in total. The van der Waals surface area contributed by atoms with Gasteiger partial charge in [0.15, 0.2) is 22.5 Å². The van der Waals surface area contributed by atoms with E-state index >= 15 is 0 Å². The highest BCUT2D eigenvalue weighted by Crippen LogP contribution is 2.29. The van der Waals surface area contributed by atoms with E-state index in [9.17, 15) is 9.59 Å². The van der Waals surface area contributed by atoms with Crippen molar-refractivity contribution < 1.29 is 23.8 Å². The van der Waals surface area contributed by atoms with E-state index in [1.807, 2.05) is 43.5 Å². The summed E-state index contributed by atoms with van der Waals surface area (Å²) in [6.07, 6.45) is 2.47. The summed E-state index contributed by atoms with van der Waals surface area (Å²) in [7, 11) is 0. The SMILES string of the molecule is C=CCn1c(COc2ccc(C)cc2OCC)nnc1SCC(=O)Nc1cccc(C(=O)OCCC)c1. The molecule has 0 aliphatic carbocycles. The molecule has 2 aromatic carbocycles. The van der Waals surface area contributed by atoms with E-state index in [1.54, 1.807) is 30.3 Å². The molecule has 0 fully saturated rings. The highest BCUT2D eigenvalue weighted by Gasteiger charge is 2.16. The maximum atomic E-state index is 12.6. The van der Waals surface area contributed by atoms with Crippen LogP contribution in [0.5, 0.6) is 11.5 Å². The fourth-order valence-corrected chi connectivity index (χ4v) is 4.09. The van der Waals surface area contributed by atoms with Crippen LogP contribution in [0.3, 0.4) is 0 Å². The average molecular weight is 525 g/mol. The van der Waals surface area contributed by atoms with Gasteiger partial charge in [-0.05, 0) is 56.2 Å². The molecule has 0 aliphatic rings. The Kier molecular flexibility index (Phi) is 10.6. The summed E-state index contributed by atoms with van der Waals surface area (Å²) < 4.78 is 18.7. The number of nitrogens with zero attached hydrogens (tertiary/aromatic N) is 3. The van der Waals surface area contributed by atoms with Crippen LogP contribution in [-0.4, -0.2) is 45.6 Å². The Labute approximate surface area is 221 Å². The number of aromatic nitrogens is 3. The van der Waals surface area contributed by atoms with Crippen LogP contribution in [0.25, 0.3) is 0 Å². The second kappa shape index (κ2) is 14.1. The van der Waals surface area contributed by atoms with E-state index in [-0.39, 0.29) is 18.3 Å². The van der Waals surface area contributed by atoms with Crippen molar-refractivity contribution >= 4 is 29.3 Å². The Balaban J connectivity index is 1.62. The Bertz CT molecular complexity index is 1230. The monoisotopic (exact) mass is 524 g/mol. The number of amides is 1. The van der Waals surface area contributed by atoms with E-state index in [4.69, 9.17) is 14.2 Å². The molecule has 0 unspecified atom stereocenters. The molecule has 1 aromatic heterocycles. The van der Waals surface area contributed by atoms with Crippen LogP contribution in [0.4, 0.5) is 5.69 Å². The Morgan fingerprint density at radius 2 is 1.95 bits per heavy atom. The highest BCUT2D eigenvalue weighted by molar-refractivity contribution is 7.99. The number of hydrogen-bond acceptors (Lipinski definition) is 8. The largest absolute Gasteiger partial charge is 0.490 e. The van der Waals surface area contributed by atoms with Gasteiger partial charge in [-0.2, -0.15) is 0 Å². The molecule has 37 heavy (non-hydrogen) atoms. The van der Waals surface area contributed by atoms with E-state index in [0.717, 1.165) is 12.0 Å². The minimum atomic E-state index is -0.418. The van der Waals surface area contributed by atoms with Gasteiger partial charge in [-0.15, -0.1) is 16.8 Å². The molecule has 1 heterocycles. The van der Waals surface area contributed by atoms with E-state index in [2.05, 4.69) is 22.1 Å². The van der Waals surface area contributed by atoms with Gasteiger partial charge >= 0.3 is 5.97 Å². The van der Waals surface area contributed by atoms with Gasteiger partial charge in [0, 0.05) is 12.2 Å². The minimum absolute atomic E-state index is 0.104. The number of anilines is 1. The zero-order chi connectivity index (χ0) is 26.6. The topological polar surface area (TPSA) is 105 Å². The predicted octanol–water partition coefficient (Wildman–Crippen LogP) is 5.05. The predicted molar refractivity (Wildman–Crippen MR) is 143 cm³/mol. The van der Waals surface area contributed by atoms with Crippen molar-refractivity contribution in [2.24, 2.45) is 0 Å². The lowest BCUT2D eigenvalue weighted by Gasteiger charge is -2.13.